The van der Waals surface area contributed by atoms with Crippen molar-refractivity contribution in [2.75, 3.05) is 37.7 Å². The maximum atomic E-state index is 11.7. The fourth-order valence-electron chi connectivity index (χ4n) is 2.15. The number of ether oxygens (including phenoxy) is 1. The summed E-state index contributed by atoms with van der Waals surface area (Å²) in [5.41, 5.74) is 5.88. The fourth-order valence-corrected chi connectivity index (χ4v) is 3.74. The van der Waals surface area contributed by atoms with E-state index in [9.17, 15) is 8.42 Å². The average Bonchev–Trinajstić information content (AvgIpc) is 3.11. The predicted molar refractivity (Wildman–Crippen MR) is 90.3 cm³/mol. The van der Waals surface area contributed by atoms with E-state index in [0.29, 0.717) is 37.3 Å². The molecule has 8 heteroatoms. The van der Waals surface area contributed by atoms with E-state index in [0.717, 1.165) is 12.8 Å². The summed E-state index contributed by atoms with van der Waals surface area (Å²) in [5.74, 6) is 1.24. The number of hydrogen-bond donors (Lipinski definition) is 1. The zero-order chi connectivity index (χ0) is 13.9. The molecule has 0 amide bonds. The number of aliphatic imine (C=N–C) groups is 1. The Labute approximate surface area is 138 Å². The Bertz CT molecular complexity index is 437. The van der Waals surface area contributed by atoms with Crippen LogP contribution < -0.4 is 5.73 Å². The Morgan fingerprint density at radius 3 is 2.75 bits per heavy atom. The molecule has 0 spiro atoms. The molecule has 0 bridgehead atoms. The third-order valence-corrected chi connectivity index (χ3v) is 5.21. The molecule has 0 aromatic heterocycles. The van der Waals surface area contributed by atoms with E-state index in [2.05, 4.69) is 4.99 Å². The Kier molecular flexibility index (Phi) is 6.99. The van der Waals surface area contributed by atoms with Crippen molar-refractivity contribution in [2.45, 2.75) is 25.9 Å². The molecule has 20 heavy (non-hydrogen) atoms. The van der Waals surface area contributed by atoms with Crippen molar-refractivity contribution in [2.24, 2.45) is 16.6 Å². The van der Waals surface area contributed by atoms with Crippen LogP contribution in [0.3, 0.4) is 0 Å². The molecule has 1 atom stereocenters. The van der Waals surface area contributed by atoms with Crippen molar-refractivity contribution in [1.29, 1.82) is 0 Å². The van der Waals surface area contributed by atoms with Crippen molar-refractivity contribution in [3.8, 4) is 0 Å². The van der Waals surface area contributed by atoms with Gasteiger partial charge in [0.15, 0.2) is 15.8 Å². The fraction of sp³-hybridized carbons (Fsp3) is 0.917. The topological polar surface area (TPSA) is 85.0 Å². The highest BCUT2D eigenvalue weighted by Gasteiger charge is 2.27. The first-order valence-electron chi connectivity index (χ1n) is 6.83. The molecular weight excluding hydrogens is 393 g/mol. The molecule has 6 nitrogen and oxygen atoms in total. The Hall–Kier alpha value is -0.0900. The van der Waals surface area contributed by atoms with E-state index in [1.54, 1.807) is 0 Å². The van der Waals surface area contributed by atoms with Crippen molar-refractivity contribution < 1.29 is 13.2 Å². The quantitative estimate of drug-likeness (QED) is 0.399. The van der Waals surface area contributed by atoms with Gasteiger partial charge in [-0.3, -0.25) is 4.99 Å². The smallest absolute Gasteiger partial charge is 0.191 e. The van der Waals surface area contributed by atoms with E-state index < -0.39 is 9.84 Å². The Morgan fingerprint density at radius 1 is 1.45 bits per heavy atom. The monoisotopic (exact) mass is 417 g/mol. The van der Waals surface area contributed by atoms with Gasteiger partial charge in [0.2, 0.25) is 0 Å². The summed E-state index contributed by atoms with van der Waals surface area (Å²) in [6.45, 7) is 4.31. The SMILES string of the molecule is CC1CN(C(N)=NCCS(=O)(=O)CC2CC2)CCO1.I. The van der Waals surface area contributed by atoms with E-state index in [1.807, 2.05) is 11.8 Å². The molecule has 0 aromatic carbocycles. The summed E-state index contributed by atoms with van der Waals surface area (Å²) in [5, 5.41) is 0. The van der Waals surface area contributed by atoms with Crippen molar-refractivity contribution >= 4 is 39.8 Å². The molecule has 1 aliphatic heterocycles. The first kappa shape index (κ1) is 18.0. The number of guanidine groups is 1. The van der Waals surface area contributed by atoms with Gasteiger partial charge in [0.05, 0.1) is 30.8 Å². The zero-order valence-corrected chi connectivity index (χ0v) is 15.0. The first-order chi connectivity index (χ1) is 8.96. The third-order valence-electron chi connectivity index (χ3n) is 3.43. The Balaban J connectivity index is 0.00000200. The van der Waals surface area contributed by atoms with Crippen LogP contribution in [0.4, 0.5) is 0 Å². The summed E-state index contributed by atoms with van der Waals surface area (Å²) in [7, 11) is -2.96. The van der Waals surface area contributed by atoms with Gasteiger partial charge >= 0.3 is 0 Å². The van der Waals surface area contributed by atoms with Gasteiger partial charge in [0.25, 0.3) is 0 Å². The van der Waals surface area contributed by atoms with Crippen LogP contribution in [0.1, 0.15) is 19.8 Å². The van der Waals surface area contributed by atoms with E-state index in [1.165, 1.54) is 0 Å². The number of nitrogens with two attached hydrogens (primary N) is 1. The molecule has 1 heterocycles. The van der Waals surface area contributed by atoms with Crippen LogP contribution in [0.15, 0.2) is 4.99 Å². The van der Waals surface area contributed by atoms with Crippen LogP contribution in [0.2, 0.25) is 0 Å². The highest BCUT2D eigenvalue weighted by Crippen LogP contribution is 2.30. The second-order valence-electron chi connectivity index (χ2n) is 5.43. The molecular formula is C12H24IN3O3S. The normalized spacial score (nSPS) is 24.4. The minimum atomic E-state index is -2.96. The maximum absolute atomic E-state index is 11.7. The highest BCUT2D eigenvalue weighted by molar-refractivity contribution is 14.0. The molecule has 118 valence electrons. The van der Waals surface area contributed by atoms with Crippen molar-refractivity contribution in [3.63, 3.8) is 0 Å². The molecule has 1 unspecified atom stereocenters. The molecule has 1 saturated carbocycles. The lowest BCUT2D eigenvalue weighted by Crippen LogP contribution is -2.48. The van der Waals surface area contributed by atoms with Gasteiger partial charge in [-0.15, -0.1) is 24.0 Å². The second kappa shape index (κ2) is 7.79. The van der Waals surface area contributed by atoms with Crippen LogP contribution in [-0.4, -0.2) is 63.1 Å². The number of sulfone groups is 1. The van der Waals surface area contributed by atoms with Crippen LogP contribution in [0, 0.1) is 5.92 Å². The van der Waals surface area contributed by atoms with Crippen molar-refractivity contribution in [3.05, 3.63) is 0 Å². The lowest BCUT2D eigenvalue weighted by atomic mass is 10.3. The largest absolute Gasteiger partial charge is 0.375 e. The molecule has 2 fully saturated rings. The van der Waals surface area contributed by atoms with Gasteiger partial charge in [-0.05, 0) is 25.7 Å². The molecule has 1 saturated heterocycles. The van der Waals surface area contributed by atoms with E-state index >= 15 is 0 Å². The number of halogens is 1. The predicted octanol–water partition coefficient (Wildman–Crippen LogP) is 0.465. The van der Waals surface area contributed by atoms with Gasteiger partial charge in [-0.1, -0.05) is 0 Å². The second-order valence-corrected chi connectivity index (χ2v) is 7.65. The summed E-state index contributed by atoms with van der Waals surface area (Å²) in [6, 6.07) is 0. The van der Waals surface area contributed by atoms with Crippen LogP contribution in [0.5, 0.6) is 0 Å². The summed E-state index contributed by atoms with van der Waals surface area (Å²) in [4.78, 5) is 6.13. The summed E-state index contributed by atoms with van der Waals surface area (Å²) >= 11 is 0. The van der Waals surface area contributed by atoms with Gasteiger partial charge < -0.3 is 15.4 Å². The van der Waals surface area contributed by atoms with Gasteiger partial charge in [0.1, 0.15) is 0 Å². The van der Waals surface area contributed by atoms with Crippen LogP contribution in [0.25, 0.3) is 0 Å². The lowest BCUT2D eigenvalue weighted by molar-refractivity contribution is 0.00531. The third kappa shape index (κ3) is 6.13. The maximum Gasteiger partial charge on any atom is 0.191 e. The molecule has 2 N–H and O–H groups in total. The molecule has 2 rings (SSSR count). The van der Waals surface area contributed by atoms with Gasteiger partial charge in [-0.2, -0.15) is 0 Å². The number of hydrogen-bond acceptors (Lipinski definition) is 4. The lowest BCUT2D eigenvalue weighted by Gasteiger charge is -2.31. The number of rotatable bonds is 5. The van der Waals surface area contributed by atoms with E-state index in [-0.39, 0.29) is 42.4 Å². The van der Waals surface area contributed by atoms with Crippen LogP contribution >= 0.6 is 24.0 Å². The van der Waals surface area contributed by atoms with Gasteiger partial charge in [-0.25, -0.2) is 8.42 Å². The number of nitrogens with zero attached hydrogens (tertiary/aromatic N) is 2. The minimum absolute atomic E-state index is 0. The number of morpholine rings is 1. The summed E-state index contributed by atoms with van der Waals surface area (Å²) in [6.07, 6.45) is 2.24. The minimum Gasteiger partial charge on any atom is -0.375 e. The standard InChI is InChI=1S/C12H23N3O3S.HI/c1-10-8-15(5-6-18-10)12(13)14-4-7-19(16,17)9-11-2-3-11;/h10-11H,2-9H2,1H3,(H2,13,14);1H. The van der Waals surface area contributed by atoms with Gasteiger partial charge in [0, 0.05) is 13.1 Å². The van der Waals surface area contributed by atoms with E-state index in [4.69, 9.17) is 10.5 Å². The molecule has 0 aromatic rings. The molecule has 1 aliphatic carbocycles. The van der Waals surface area contributed by atoms with Crippen LogP contribution in [-0.2, 0) is 14.6 Å². The summed E-state index contributed by atoms with van der Waals surface area (Å²) < 4.78 is 28.9. The average molecular weight is 417 g/mol. The van der Waals surface area contributed by atoms with Crippen molar-refractivity contribution in [1.82, 2.24) is 4.90 Å². The first-order valence-corrected chi connectivity index (χ1v) is 8.65. The highest BCUT2D eigenvalue weighted by atomic mass is 127. The Morgan fingerprint density at radius 2 is 2.15 bits per heavy atom. The molecule has 2 aliphatic rings. The molecule has 0 radical (unpaired) electrons. The zero-order valence-electron chi connectivity index (χ0n) is 11.8.